The van der Waals surface area contributed by atoms with Crippen molar-refractivity contribution < 1.29 is 13.5 Å². The van der Waals surface area contributed by atoms with Gasteiger partial charge >= 0.3 is 0 Å². The summed E-state index contributed by atoms with van der Waals surface area (Å²) in [6, 6.07) is 0.322. The van der Waals surface area contributed by atoms with Gasteiger partial charge in [-0.05, 0) is 20.3 Å². The third kappa shape index (κ3) is 7.29. The van der Waals surface area contributed by atoms with Gasteiger partial charge in [0.05, 0.1) is 5.75 Å². The Morgan fingerprint density at radius 2 is 1.86 bits per heavy atom. The second-order valence-electron chi connectivity index (χ2n) is 3.84. The molecule has 0 heterocycles. The molecule has 0 aliphatic heterocycles. The third-order valence-corrected chi connectivity index (χ3v) is 3.01. The Bertz CT molecular complexity index is 236. The first-order valence-corrected chi connectivity index (χ1v) is 6.95. The lowest BCUT2D eigenvalue weighted by atomic mass is 10.3. The molecule has 0 fully saturated rings. The Hall–Kier alpha value is -0.130. The minimum atomic E-state index is -2.88. The monoisotopic (exact) mass is 223 g/mol. The summed E-state index contributed by atoms with van der Waals surface area (Å²) in [7, 11) is -2.88. The van der Waals surface area contributed by atoms with Crippen molar-refractivity contribution in [2.24, 2.45) is 0 Å². The zero-order valence-electron chi connectivity index (χ0n) is 9.23. The lowest BCUT2D eigenvalue weighted by Gasteiger charge is -2.25. The molecule has 0 bridgehead atoms. The van der Waals surface area contributed by atoms with Crippen LogP contribution in [0.25, 0.3) is 0 Å². The third-order valence-electron chi connectivity index (χ3n) is 2.08. The van der Waals surface area contributed by atoms with Gasteiger partial charge in [0.25, 0.3) is 0 Å². The van der Waals surface area contributed by atoms with Crippen molar-refractivity contribution in [2.45, 2.75) is 26.3 Å². The summed E-state index contributed by atoms with van der Waals surface area (Å²) >= 11 is 0. The van der Waals surface area contributed by atoms with Crippen LogP contribution in [0.15, 0.2) is 0 Å². The van der Waals surface area contributed by atoms with Gasteiger partial charge in [0.2, 0.25) is 0 Å². The van der Waals surface area contributed by atoms with Crippen LogP contribution in [0, 0.1) is 0 Å². The number of nitrogens with zero attached hydrogens (tertiary/aromatic N) is 1. The van der Waals surface area contributed by atoms with E-state index in [0.29, 0.717) is 19.0 Å². The standard InChI is InChI=1S/C9H21NO3S/c1-9(2)10(5-4-7-11)6-8-14(3,12)13/h9,11H,4-8H2,1-3H3. The van der Waals surface area contributed by atoms with E-state index in [-0.39, 0.29) is 12.4 Å². The smallest absolute Gasteiger partial charge is 0.148 e. The Morgan fingerprint density at radius 3 is 2.21 bits per heavy atom. The second kappa shape index (κ2) is 6.37. The summed E-state index contributed by atoms with van der Waals surface area (Å²) in [5, 5.41) is 8.68. The van der Waals surface area contributed by atoms with Gasteiger partial charge in [0.15, 0.2) is 0 Å². The van der Waals surface area contributed by atoms with Crippen molar-refractivity contribution in [1.82, 2.24) is 4.90 Å². The Labute approximate surface area is 86.8 Å². The highest BCUT2D eigenvalue weighted by molar-refractivity contribution is 7.90. The Kier molecular flexibility index (Phi) is 6.31. The lowest BCUT2D eigenvalue weighted by Crippen LogP contribution is -2.36. The van der Waals surface area contributed by atoms with E-state index >= 15 is 0 Å². The largest absolute Gasteiger partial charge is 0.396 e. The molecule has 0 atom stereocenters. The van der Waals surface area contributed by atoms with E-state index in [9.17, 15) is 8.42 Å². The maximum Gasteiger partial charge on any atom is 0.148 e. The van der Waals surface area contributed by atoms with Crippen LogP contribution < -0.4 is 0 Å². The fourth-order valence-electron chi connectivity index (χ4n) is 1.19. The number of aliphatic hydroxyl groups is 1. The summed E-state index contributed by atoms with van der Waals surface area (Å²) in [5.41, 5.74) is 0. The highest BCUT2D eigenvalue weighted by Gasteiger charge is 2.11. The minimum Gasteiger partial charge on any atom is -0.396 e. The van der Waals surface area contributed by atoms with Crippen molar-refractivity contribution in [2.75, 3.05) is 31.7 Å². The maximum absolute atomic E-state index is 11.0. The Morgan fingerprint density at radius 1 is 1.29 bits per heavy atom. The number of sulfone groups is 1. The van der Waals surface area contributed by atoms with Gasteiger partial charge in [0.1, 0.15) is 9.84 Å². The number of rotatable bonds is 7. The molecule has 0 aromatic carbocycles. The van der Waals surface area contributed by atoms with Gasteiger partial charge in [0, 0.05) is 32.0 Å². The minimum absolute atomic E-state index is 0.155. The van der Waals surface area contributed by atoms with Crippen molar-refractivity contribution >= 4 is 9.84 Å². The molecule has 0 aromatic heterocycles. The van der Waals surface area contributed by atoms with Crippen LogP contribution in [0.1, 0.15) is 20.3 Å². The fraction of sp³-hybridized carbons (Fsp3) is 1.00. The maximum atomic E-state index is 11.0. The molecule has 0 saturated heterocycles. The van der Waals surface area contributed by atoms with Crippen LogP contribution in [-0.4, -0.2) is 56.2 Å². The molecule has 0 saturated carbocycles. The summed E-state index contributed by atoms with van der Waals surface area (Å²) in [4.78, 5) is 2.07. The molecular formula is C9H21NO3S. The first-order valence-electron chi connectivity index (χ1n) is 4.89. The van der Waals surface area contributed by atoms with Crippen LogP contribution in [-0.2, 0) is 9.84 Å². The molecule has 0 amide bonds. The van der Waals surface area contributed by atoms with Gasteiger partial charge in [-0.25, -0.2) is 8.42 Å². The summed E-state index contributed by atoms with van der Waals surface area (Å²) in [6.45, 7) is 5.52. The first kappa shape index (κ1) is 13.9. The molecule has 14 heavy (non-hydrogen) atoms. The van der Waals surface area contributed by atoms with Gasteiger partial charge in [-0.2, -0.15) is 0 Å². The molecule has 0 aromatic rings. The van der Waals surface area contributed by atoms with E-state index in [2.05, 4.69) is 4.90 Å². The normalized spacial score (nSPS) is 12.7. The summed E-state index contributed by atoms with van der Waals surface area (Å²) in [6.07, 6.45) is 1.94. The lowest BCUT2D eigenvalue weighted by molar-refractivity contribution is 0.200. The summed E-state index contributed by atoms with van der Waals surface area (Å²) < 4.78 is 21.9. The van der Waals surface area contributed by atoms with Crippen molar-refractivity contribution in [3.05, 3.63) is 0 Å². The molecular weight excluding hydrogens is 202 g/mol. The van der Waals surface area contributed by atoms with E-state index in [1.165, 1.54) is 6.26 Å². The van der Waals surface area contributed by atoms with Crippen LogP contribution in [0.3, 0.4) is 0 Å². The van der Waals surface area contributed by atoms with Gasteiger partial charge in [-0.15, -0.1) is 0 Å². The molecule has 0 spiro atoms. The average Bonchev–Trinajstić information content (AvgIpc) is 2.01. The van der Waals surface area contributed by atoms with E-state index in [1.54, 1.807) is 0 Å². The average molecular weight is 223 g/mol. The van der Waals surface area contributed by atoms with Gasteiger partial charge < -0.3 is 5.11 Å². The molecule has 5 heteroatoms. The van der Waals surface area contributed by atoms with Gasteiger partial charge in [-0.3, -0.25) is 4.90 Å². The van der Waals surface area contributed by atoms with E-state index < -0.39 is 9.84 Å². The van der Waals surface area contributed by atoms with Crippen molar-refractivity contribution in [1.29, 1.82) is 0 Å². The zero-order valence-corrected chi connectivity index (χ0v) is 10.0. The van der Waals surface area contributed by atoms with Gasteiger partial charge in [-0.1, -0.05) is 0 Å². The number of aliphatic hydroxyl groups excluding tert-OH is 1. The van der Waals surface area contributed by atoms with Crippen LogP contribution in [0.2, 0.25) is 0 Å². The topological polar surface area (TPSA) is 57.6 Å². The number of hydrogen-bond donors (Lipinski definition) is 1. The predicted molar refractivity (Wildman–Crippen MR) is 58.1 cm³/mol. The van der Waals surface area contributed by atoms with Crippen molar-refractivity contribution in [3.8, 4) is 0 Å². The number of hydrogen-bond acceptors (Lipinski definition) is 4. The molecule has 4 nitrogen and oxygen atoms in total. The van der Waals surface area contributed by atoms with Crippen LogP contribution in [0.5, 0.6) is 0 Å². The molecule has 0 aliphatic carbocycles. The first-order chi connectivity index (χ1) is 6.37. The second-order valence-corrected chi connectivity index (χ2v) is 6.10. The molecule has 1 N–H and O–H groups in total. The Balaban J connectivity index is 3.97. The molecule has 0 rings (SSSR count). The van der Waals surface area contributed by atoms with E-state index in [0.717, 1.165) is 6.54 Å². The van der Waals surface area contributed by atoms with E-state index in [4.69, 9.17) is 5.11 Å². The molecule has 86 valence electrons. The SMILES string of the molecule is CC(C)N(CCCO)CCS(C)(=O)=O. The highest BCUT2D eigenvalue weighted by Crippen LogP contribution is 2.00. The molecule has 0 radical (unpaired) electrons. The molecule has 0 aliphatic rings. The highest BCUT2D eigenvalue weighted by atomic mass is 32.2. The van der Waals surface area contributed by atoms with Crippen LogP contribution in [0.4, 0.5) is 0 Å². The predicted octanol–water partition coefficient (Wildman–Crippen LogP) is 0.124. The molecule has 0 unspecified atom stereocenters. The zero-order chi connectivity index (χ0) is 11.2. The summed E-state index contributed by atoms with van der Waals surface area (Å²) in [5.74, 6) is 0.191. The fourth-order valence-corrected chi connectivity index (χ4v) is 1.75. The van der Waals surface area contributed by atoms with Crippen LogP contribution >= 0.6 is 0 Å². The van der Waals surface area contributed by atoms with E-state index in [1.807, 2.05) is 13.8 Å². The van der Waals surface area contributed by atoms with Crippen molar-refractivity contribution in [3.63, 3.8) is 0 Å². The quantitative estimate of drug-likeness (QED) is 0.666.